The van der Waals surface area contributed by atoms with Crippen LogP contribution >= 0.6 is 0 Å². The Labute approximate surface area is 110 Å². The van der Waals surface area contributed by atoms with E-state index in [1.165, 1.54) is 83.5 Å². The summed E-state index contributed by atoms with van der Waals surface area (Å²) in [5.74, 6) is 0. The molecule has 0 heterocycles. The van der Waals surface area contributed by atoms with Gasteiger partial charge in [-0.1, -0.05) is 77.2 Å². The summed E-state index contributed by atoms with van der Waals surface area (Å²) < 4.78 is 0. The van der Waals surface area contributed by atoms with E-state index >= 15 is 0 Å². The number of hydrogen-bond donors (Lipinski definition) is 0. The molecule has 0 atom stereocenters. The molecule has 17 heavy (non-hydrogen) atoms. The molecule has 0 rings (SSSR count). The number of allylic oxidation sites excluding steroid dienone is 1. The van der Waals surface area contributed by atoms with E-state index in [-0.39, 0.29) is 0 Å². The summed E-state index contributed by atoms with van der Waals surface area (Å²) in [6.07, 6.45) is 22.5. The Morgan fingerprint density at radius 3 is 1.76 bits per heavy atom. The van der Waals surface area contributed by atoms with Crippen LogP contribution in [0.15, 0.2) is 12.7 Å². The summed E-state index contributed by atoms with van der Waals surface area (Å²) in [5, 5.41) is 0. The molecule has 0 aromatic carbocycles. The normalized spacial score (nSPS) is 10.6. The van der Waals surface area contributed by atoms with Crippen LogP contribution in [0.4, 0.5) is 0 Å². The molecule has 0 saturated carbocycles. The summed E-state index contributed by atoms with van der Waals surface area (Å²) >= 11 is 0. The van der Waals surface area contributed by atoms with Crippen LogP contribution in [0.2, 0.25) is 0 Å². The first-order valence-electron chi connectivity index (χ1n) is 7.84. The lowest BCUT2D eigenvalue weighted by Crippen LogP contribution is -1.83. The molecule has 0 aliphatic carbocycles. The van der Waals surface area contributed by atoms with Crippen molar-refractivity contribution in [1.82, 2.24) is 0 Å². The number of rotatable bonds is 14. The van der Waals surface area contributed by atoms with Crippen LogP contribution < -0.4 is 0 Å². The Hall–Kier alpha value is -0.260. The zero-order valence-corrected chi connectivity index (χ0v) is 12.1. The molecule has 0 nitrogen and oxygen atoms in total. The van der Waals surface area contributed by atoms with Gasteiger partial charge in [0, 0.05) is 0 Å². The second kappa shape index (κ2) is 15.7. The Morgan fingerprint density at radius 1 is 0.647 bits per heavy atom. The van der Waals surface area contributed by atoms with E-state index in [4.69, 9.17) is 0 Å². The number of hydrogen-bond acceptors (Lipinski definition) is 0. The number of unbranched alkanes of at least 4 members (excludes halogenated alkanes) is 13. The highest BCUT2D eigenvalue weighted by molar-refractivity contribution is 4.70. The van der Waals surface area contributed by atoms with Gasteiger partial charge in [0.2, 0.25) is 0 Å². The average Bonchev–Trinajstić information content (AvgIpc) is 2.35. The van der Waals surface area contributed by atoms with Gasteiger partial charge in [-0.3, -0.25) is 0 Å². The van der Waals surface area contributed by atoms with Crippen molar-refractivity contribution in [3.8, 4) is 0 Å². The summed E-state index contributed by atoms with van der Waals surface area (Å²) in [7, 11) is 0. The molecule has 1 radical (unpaired) electrons. The Morgan fingerprint density at radius 2 is 1.18 bits per heavy atom. The largest absolute Gasteiger partial charge is 0.103 e. The third-order valence-corrected chi connectivity index (χ3v) is 3.33. The molecule has 0 aliphatic rings. The van der Waals surface area contributed by atoms with Gasteiger partial charge < -0.3 is 0 Å². The molecule has 0 saturated heterocycles. The van der Waals surface area contributed by atoms with Crippen molar-refractivity contribution in [3.05, 3.63) is 19.1 Å². The van der Waals surface area contributed by atoms with E-state index in [1.807, 2.05) is 6.08 Å². The Balaban J connectivity index is 2.87. The fourth-order valence-electron chi connectivity index (χ4n) is 2.15. The topological polar surface area (TPSA) is 0 Å². The predicted octanol–water partition coefficient (Wildman–Crippen LogP) is 6.47. The molecule has 0 aliphatic heterocycles. The van der Waals surface area contributed by atoms with Gasteiger partial charge in [-0.25, -0.2) is 0 Å². The van der Waals surface area contributed by atoms with E-state index in [1.54, 1.807) is 0 Å². The minimum absolute atomic E-state index is 1.17. The zero-order valence-electron chi connectivity index (χ0n) is 12.1. The van der Waals surface area contributed by atoms with Crippen molar-refractivity contribution in [2.24, 2.45) is 0 Å². The summed E-state index contributed by atoms with van der Waals surface area (Å²) in [6.45, 7) is 6.02. The minimum Gasteiger partial charge on any atom is -0.103 e. The van der Waals surface area contributed by atoms with Crippen molar-refractivity contribution in [1.29, 1.82) is 0 Å². The van der Waals surface area contributed by atoms with Crippen LogP contribution in [0.25, 0.3) is 0 Å². The van der Waals surface area contributed by atoms with Crippen molar-refractivity contribution in [3.63, 3.8) is 0 Å². The summed E-state index contributed by atoms with van der Waals surface area (Å²) in [4.78, 5) is 0. The van der Waals surface area contributed by atoms with Gasteiger partial charge in [-0.05, 0) is 25.7 Å². The highest BCUT2D eigenvalue weighted by Crippen LogP contribution is 2.12. The van der Waals surface area contributed by atoms with Gasteiger partial charge in [0.05, 0.1) is 0 Å². The van der Waals surface area contributed by atoms with Gasteiger partial charge in [0.1, 0.15) is 0 Å². The fraction of sp³-hybridized carbons (Fsp3) is 0.824. The molecule has 0 heteroatoms. The van der Waals surface area contributed by atoms with Crippen LogP contribution in [0.1, 0.15) is 90.4 Å². The quantitative estimate of drug-likeness (QED) is 0.240. The monoisotopic (exact) mass is 237 g/mol. The molecular formula is C17H33. The second-order valence-corrected chi connectivity index (χ2v) is 5.13. The summed E-state index contributed by atoms with van der Waals surface area (Å²) in [6, 6.07) is 0. The lowest BCUT2D eigenvalue weighted by Gasteiger charge is -2.02. The average molecular weight is 237 g/mol. The SMILES string of the molecule is C=CCCC[CH]CCCCCCCCCCC. The van der Waals surface area contributed by atoms with Crippen molar-refractivity contribution < 1.29 is 0 Å². The third-order valence-electron chi connectivity index (χ3n) is 3.33. The maximum Gasteiger partial charge on any atom is -0.0353 e. The first-order valence-corrected chi connectivity index (χ1v) is 7.84. The van der Waals surface area contributed by atoms with Gasteiger partial charge >= 0.3 is 0 Å². The predicted molar refractivity (Wildman–Crippen MR) is 80.2 cm³/mol. The van der Waals surface area contributed by atoms with Gasteiger partial charge in [-0.15, -0.1) is 6.58 Å². The smallest absolute Gasteiger partial charge is 0.0353 e. The Bertz CT molecular complexity index is 137. The highest BCUT2D eigenvalue weighted by atomic mass is 14.0. The van der Waals surface area contributed by atoms with E-state index in [2.05, 4.69) is 19.9 Å². The standard InChI is InChI=1S/C17H33/c1-3-5-7-9-11-13-15-17-16-14-12-10-8-6-4-2/h3,11H,1,4-10,12-17H2,2H3. The fourth-order valence-corrected chi connectivity index (χ4v) is 2.15. The molecule has 0 N–H and O–H groups in total. The van der Waals surface area contributed by atoms with Gasteiger partial charge in [0.25, 0.3) is 0 Å². The minimum atomic E-state index is 1.17. The third kappa shape index (κ3) is 15.7. The van der Waals surface area contributed by atoms with Crippen LogP contribution in [0.3, 0.4) is 0 Å². The molecule has 0 amide bonds. The maximum atomic E-state index is 3.74. The molecule has 0 fully saturated rings. The lowest BCUT2D eigenvalue weighted by molar-refractivity contribution is 0.561. The van der Waals surface area contributed by atoms with Gasteiger partial charge in [0.15, 0.2) is 0 Å². The maximum absolute atomic E-state index is 3.74. The molecular weight excluding hydrogens is 204 g/mol. The lowest BCUT2D eigenvalue weighted by atomic mass is 10.0. The highest BCUT2D eigenvalue weighted by Gasteiger charge is 1.93. The molecule has 0 unspecified atom stereocenters. The van der Waals surface area contributed by atoms with Crippen LogP contribution in [0.5, 0.6) is 0 Å². The molecule has 0 aromatic rings. The van der Waals surface area contributed by atoms with Crippen molar-refractivity contribution in [2.75, 3.05) is 0 Å². The summed E-state index contributed by atoms with van der Waals surface area (Å²) in [5.41, 5.74) is 0. The van der Waals surface area contributed by atoms with E-state index < -0.39 is 0 Å². The van der Waals surface area contributed by atoms with Gasteiger partial charge in [-0.2, -0.15) is 0 Å². The first kappa shape index (κ1) is 16.7. The van der Waals surface area contributed by atoms with Crippen LogP contribution in [-0.2, 0) is 0 Å². The zero-order chi connectivity index (χ0) is 12.6. The second-order valence-electron chi connectivity index (χ2n) is 5.13. The van der Waals surface area contributed by atoms with Crippen molar-refractivity contribution in [2.45, 2.75) is 90.4 Å². The van der Waals surface area contributed by atoms with Crippen molar-refractivity contribution >= 4 is 0 Å². The molecule has 0 bridgehead atoms. The van der Waals surface area contributed by atoms with Crippen LogP contribution in [-0.4, -0.2) is 0 Å². The van der Waals surface area contributed by atoms with E-state index in [0.29, 0.717) is 0 Å². The van der Waals surface area contributed by atoms with E-state index in [0.717, 1.165) is 0 Å². The Kier molecular flexibility index (Phi) is 15.5. The molecule has 0 spiro atoms. The molecule has 101 valence electrons. The van der Waals surface area contributed by atoms with Crippen LogP contribution in [0, 0.1) is 6.42 Å². The first-order chi connectivity index (χ1) is 8.41. The molecule has 0 aromatic heterocycles. The van der Waals surface area contributed by atoms with E-state index in [9.17, 15) is 0 Å².